The van der Waals surface area contributed by atoms with Crippen molar-refractivity contribution in [3.05, 3.63) is 62.5 Å². The zero-order chi connectivity index (χ0) is 24.8. The van der Waals surface area contributed by atoms with Crippen molar-refractivity contribution in [1.29, 1.82) is 0 Å². The van der Waals surface area contributed by atoms with E-state index in [-0.39, 0.29) is 38.5 Å². The molecule has 0 unspecified atom stereocenters. The summed E-state index contributed by atoms with van der Waals surface area (Å²) in [4.78, 5) is 23.4. The summed E-state index contributed by atoms with van der Waals surface area (Å²) in [5.41, 5.74) is -0.751. The summed E-state index contributed by atoms with van der Waals surface area (Å²) in [6.07, 6.45) is -2.44. The van der Waals surface area contributed by atoms with Crippen molar-refractivity contribution in [3.63, 3.8) is 0 Å². The molecule has 1 N–H and O–H groups in total. The Morgan fingerprint density at radius 3 is 2.59 bits per heavy atom. The average molecular weight is 490 g/mol. The third-order valence-corrected chi connectivity index (χ3v) is 6.23. The van der Waals surface area contributed by atoms with Crippen molar-refractivity contribution >= 4 is 35.0 Å². The maximum absolute atomic E-state index is 12.5. The summed E-state index contributed by atoms with van der Waals surface area (Å²) in [6.45, 7) is 1.58. The van der Waals surface area contributed by atoms with Gasteiger partial charge in [-0.25, -0.2) is 4.79 Å². The number of nitrogens with zero attached hydrogens (tertiary/aromatic N) is 2. The molecule has 2 aromatic carbocycles. The van der Waals surface area contributed by atoms with Crippen LogP contribution in [0.5, 0.6) is 5.75 Å². The number of non-ortho nitro benzene ring substituents is 1. The number of nitro groups is 1. The normalized spacial score (nSPS) is 21.8. The Morgan fingerprint density at radius 2 is 1.97 bits per heavy atom. The number of aliphatic hydroxyl groups excluding tert-OH is 1. The number of nitro benzene ring substituents is 1. The Labute approximate surface area is 198 Å². The first-order valence-corrected chi connectivity index (χ1v) is 10.5. The number of aliphatic hydroxyl groups is 1. The molecule has 0 radical (unpaired) electrons. The predicted molar refractivity (Wildman–Crippen MR) is 120 cm³/mol. The van der Waals surface area contributed by atoms with Gasteiger partial charge < -0.3 is 28.5 Å². The van der Waals surface area contributed by atoms with Crippen LogP contribution in [-0.2, 0) is 14.2 Å². The molecule has 0 fully saturated rings. The summed E-state index contributed by atoms with van der Waals surface area (Å²) in [5.74, 6) is -0.403. The third kappa shape index (κ3) is 3.55. The van der Waals surface area contributed by atoms with Gasteiger partial charge in [0, 0.05) is 31.9 Å². The van der Waals surface area contributed by atoms with Crippen LogP contribution in [0.2, 0.25) is 0 Å². The van der Waals surface area contributed by atoms with Gasteiger partial charge in [-0.15, -0.1) is 0 Å². The van der Waals surface area contributed by atoms with Gasteiger partial charge in [0.25, 0.3) is 10.5 Å². The maximum atomic E-state index is 12.5. The highest BCUT2D eigenvalue weighted by molar-refractivity contribution is 7.71. The van der Waals surface area contributed by atoms with Crippen molar-refractivity contribution in [1.82, 2.24) is 4.57 Å². The number of esters is 1. The van der Waals surface area contributed by atoms with E-state index in [0.717, 1.165) is 0 Å². The molecule has 11 nitrogen and oxygen atoms in total. The van der Waals surface area contributed by atoms with Gasteiger partial charge in [-0.2, -0.15) is 0 Å². The number of oxazole rings is 1. The summed E-state index contributed by atoms with van der Waals surface area (Å²) in [7, 11) is 4.02. The van der Waals surface area contributed by atoms with Crippen molar-refractivity contribution in [2.75, 3.05) is 21.3 Å². The molecule has 0 aliphatic carbocycles. The number of rotatable bonds is 6. The fourth-order valence-corrected chi connectivity index (χ4v) is 4.70. The molecule has 180 valence electrons. The minimum absolute atomic E-state index is 0.0662. The van der Waals surface area contributed by atoms with Gasteiger partial charge in [0.05, 0.1) is 23.6 Å². The highest BCUT2D eigenvalue weighted by Crippen LogP contribution is 2.46. The SMILES string of the molecule is COC(=O)c1cccc2oc(=S)n([C@H]3c4cc([N+](=O)[O-])ccc4O[C@@](C)(C(OC)OC)[C@@H]3O)c12. The number of methoxy groups -OCH3 is 3. The molecule has 1 aliphatic rings. The van der Waals surface area contributed by atoms with Crippen LogP contribution in [0.3, 0.4) is 0 Å². The summed E-state index contributed by atoms with van der Waals surface area (Å²) >= 11 is 5.48. The molecule has 0 saturated heterocycles. The maximum Gasteiger partial charge on any atom is 0.340 e. The van der Waals surface area contributed by atoms with Gasteiger partial charge >= 0.3 is 5.97 Å². The lowest BCUT2D eigenvalue weighted by Crippen LogP contribution is -2.60. The number of hydrogen-bond donors (Lipinski definition) is 1. The first-order valence-electron chi connectivity index (χ1n) is 10.1. The number of fused-ring (bicyclic) bond motifs is 2. The van der Waals surface area contributed by atoms with Gasteiger partial charge in [-0.1, -0.05) is 6.07 Å². The molecule has 0 amide bonds. The van der Waals surface area contributed by atoms with Gasteiger partial charge in [0.2, 0.25) is 0 Å². The lowest BCUT2D eigenvalue weighted by Gasteiger charge is -2.46. The number of benzene rings is 2. The van der Waals surface area contributed by atoms with Crippen molar-refractivity contribution < 1.29 is 38.2 Å². The number of aromatic nitrogens is 1. The second-order valence-corrected chi connectivity index (χ2v) is 8.19. The Hall–Kier alpha value is -3.32. The summed E-state index contributed by atoms with van der Waals surface area (Å²) in [5, 5.41) is 23.2. The largest absolute Gasteiger partial charge is 0.479 e. The first kappa shape index (κ1) is 23.8. The second kappa shape index (κ2) is 8.80. The fourth-order valence-electron chi connectivity index (χ4n) is 4.40. The predicted octanol–water partition coefficient (Wildman–Crippen LogP) is 3.38. The number of ether oxygens (including phenoxy) is 4. The molecule has 3 atom stereocenters. The zero-order valence-corrected chi connectivity index (χ0v) is 19.5. The van der Waals surface area contributed by atoms with Crippen LogP contribution in [-0.4, -0.2) is 59.9 Å². The average Bonchev–Trinajstić information content (AvgIpc) is 3.15. The van der Waals surface area contributed by atoms with Gasteiger partial charge in [0.15, 0.2) is 17.5 Å². The third-order valence-electron chi connectivity index (χ3n) is 5.95. The minimum Gasteiger partial charge on any atom is -0.479 e. The van der Waals surface area contributed by atoms with Crippen LogP contribution in [0.15, 0.2) is 40.8 Å². The zero-order valence-electron chi connectivity index (χ0n) is 18.7. The Bertz CT molecular complexity index is 1330. The van der Waals surface area contributed by atoms with E-state index in [0.29, 0.717) is 0 Å². The van der Waals surface area contributed by atoms with Crippen molar-refractivity contribution in [2.45, 2.75) is 31.0 Å². The Balaban J connectivity index is 2.07. The van der Waals surface area contributed by atoms with Gasteiger partial charge in [-0.3, -0.25) is 14.7 Å². The topological polar surface area (TPSA) is 135 Å². The molecule has 4 rings (SSSR count). The van der Waals surface area contributed by atoms with E-state index in [1.54, 1.807) is 19.1 Å². The van der Waals surface area contributed by atoms with Crippen LogP contribution in [0, 0.1) is 15.0 Å². The van der Waals surface area contributed by atoms with Crippen molar-refractivity contribution in [3.8, 4) is 5.75 Å². The van der Waals surface area contributed by atoms with Crippen molar-refractivity contribution in [2.24, 2.45) is 0 Å². The molecule has 0 spiro atoms. The summed E-state index contributed by atoms with van der Waals surface area (Å²) in [6, 6.07) is 7.68. The highest BCUT2D eigenvalue weighted by atomic mass is 32.1. The molecule has 3 aromatic rings. The lowest BCUT2D eigenvalue weighted by molar-refractivity contribution is -0.385. The lowest BCUT2D eigenvalue weighted by atomic mass is 9.84. The number of para-hydroxylation sites is 1. The molecule has 0 saturated carbocycles. The van der Waals surface area contributed by atoms with Crippen LogP contribution in [0.25, 0.3) is 11.1 Å². The molecule has 2 heterocycles. The van der Waals surface area contributed by atoms with Crippen LogP contribution in [0.1, 0.15) is 28.9 Å². The highest BCUT2D eigenvalue weighted by Gasteiger charge is 2.53. The van der Waals surface area contributed by atoms with E-state index in [1.165, 1.54) is 50.2 Å². The molecular formula is C22H22N2O9S. The van der Waals surface area contributed by atoms with Crippen LogP contribution < -0.4 is 4.74 Å². The smallest absolute Gasteiger partial charge is 0.340 e. The number of hydrogen-bond acceptors (Lipinski definition) is 10. The summed E-state index contributed by atoms with van der Waals surface area (Å²) < 4.78 is 29.0. The monoisotopic (exact) mass is 490 g/mol. The molecule has 1 aromatic heterocycles. The standard InChI is InChI=1S/C22H22N2O9S/c1-22(20(30-3)31-4)18(25)17(13-10-11(24(27)28)8-9-14(13)33-22)23-16-12(19(26)29-2)6-5-7-15(16)32-21(23)34/h5-10,17-18,20,25H,1-4H3/t17-,18+,22+/m0/s1. The van der Waals surface area contributed by atoms with E-state index in [9.17, 15) is 20.0 Å². The first-order chi connectivity index (χ1) is 16.2. The van der Waals surface area contributed by atoms with E-state index < -0.39 is 34.9 Å². The van der Waals surface area contributed by atoms with E-state index >= 15 is 0 Å². The molecule has 12 heteroatoms. The second-order valence-electron chi connectivity index (χ2n) is 7.84. The van der Waals surface area contributed by atoms with Crippen LogP contribution >= 0.6 is 12.2 Å². The van der Waals surface area contributed by atoms with Gasteiger partial charge in [-0.05, 0) is 37.3 Å². The minimum atomic E-state index is -1.48. The van der Waals surface area contributed by atoms with E-state index in [4.69, 9.17) is 35.6 Å². The van der Waals surface area contributed by atoms with E-state index in [1.807, 2.05) is 0 Å². The molecular weight excluding hydrogens is 468 g/mol. The molecule has 1 aliphatic heterocycles. The molecule has 0 bridgehead atoms. The molecule has 34 heavy (non-hydrogen) atoms. The quantitative estimate of drug-likeness (QED) is 0.180. The Morgan fingerprint density at radius 1 is 1.26 bits per heavy atom. The fraction of sp³-hybridized carbons (Fsp3) is 0.364. The Kier molecular flexibility index (Phi) is 6.16. The van der Waals surface area contributed by atoms with E-state index in [2.05, 4.69) is 0 Å². The number of carbonyl (C=O) groups excluding carboxylic acids is 1. The van der Waals surface area contributed by atoms with Crippen LogP contribution in [0.4, 0.5) is 5.69 Å². The van der Waals surface area contributed by atoms with Gasteiger partial charge in [0.1, 0.15) is 17.4 Å². The number of carbonyl (C=O) groups is 1.